The van der Waals surface area contributed by atoms with Gasteiger partial charge in [0.15, 0.2) is 0 Å². The second-order valence-electron chi connectivity index (χ2n) is 2.06. The Morgan fingerprint density at radius 3 is 3.10 bits per heavy atom. The maximum absolute atomic E-state index is 10.9. The molecule has 0 aromatic heterocycles. The predicted octanol–water partition coefficient (Wildman–Crippen LogP) is -0.753. The summed E-state index contributed by atoms with van der Waals surface area (Å²) in [6, 6.07) is -0.0163. The van der Waals surface area contributed by atoms with Gasteiger partial charge in [0.1, 0.15) is 0 Å². The second kappa shape index (κ2) is 3.80. The van der Waals surface area contributed by atoms with E-state index in [-0.39, 0.29) is 11.9 Å². The van der Waals surface area contributed by atoms with Crippen LogP contribution in [0.1, 0.15) is 6.42 Å². The summed E-state index contributed by atoms with van der Waals surface area (Å²) in [6.07, 6.45) is 0.882. The first-order valence-electron chi connectivity index (χ1n) is 3.20. The number of carbonyl (C=O) groups is 1. The summed E-state index contributed by atoms with van der Waals surface area (Å²) in [5.41, 5.74) is 0. The van der Waals surface area contributed by atoms with Crippen LogP contribution >= 0.6 is 12.1 Å². The first-order valence-corrected chi connectivity index (χ1v) is 4.02. The standard InChI is InChI=1S/C5H11N3OS/c1-6-10-8-4-2-3-7-5(4)9/h4,6,8H,2-3H2,1H3,(H,7,9). The molecule has 0 spiro atoms. The van der Waals surface area contributed by atoms with E-state index in [9.17, 15) is 4.79 Å². The molecule has 1 heterocycles. The minimum atomic E-state index is -0.0163. The molecular formula is C5H11N3OS. The van der Waals surface area contributed by atoms with Crippen molar-refractivity contribution in [2.24, 2.45) is 0 Å². The molecule has 1 saturated heterocycles. The van der Waals surface area contributed by atoms with Crippen LogP contribution in [0.15, 0.2) is 0 Å². The molecule has 0 saturated carbocycles. The van der Waals surface area contributed by atoms with Crippen molar-refractivity contribution in [3.63, 3.8) is 0 Å². The van der Waals surface area contributed by atoms with Gasteiger partial charge in [-0.3, -0.25) is 9.52 Å². The Bertz CT molecular complexity index is 130. The highest BCUT2D eigenvalue weighted by Crippen LogP contribution is 2.01. The summed E-state index contributed by atoms with van der Waals surface area (Å²) >= 11 is 1.35. The van der Waals surface area contributed by atoms with Crippen LogP contribution in [0.4, 0.5) is 0 Å². The van der Waals surface area contributed by atoms with Crippen molar-refractivity contribution in [2.45, 2.75) is 12.5 Å². The summed E-state index contributed by atoms with van der Waals surface area (Å²) < 4.78 is 5.82. The van der Waals surface area contributed by atoms with E-state index in [4.69, 9.17) is 0 Å². The lowest BCUT2D eigenvalue weighted by molar-refractivity contribution is -0.120. The van der Waals surface area contributed by atoms with Gasteiger partial charge >= 0.3 is 0 Å². The highest BCUT2D eigenvalue weighted by atomic mass is 32.2. The minimum absolute atomic E-state index is 0.0163. The van der Waals surface area contributed by atoms with Crippen molar-refractivity contribution in [2.75, 3.05) is 13.6 Å². The normalized spacial score (nSPS) is 24.9. The molecule has 1 aliphatic heterocycles. The van der Waals surface area contributed by atoms with E-state index in [0.717, 1.165) is 13.0 Å². The zero-order chi connectivity index (χ0) is 7.40. The third kappa shape index (κ3) is 1.86. The van der Waals surface area contributed by atoms with Crippen molar-refractivity contribution in [1.82, 2.24) is 14.8 Å². The van der Waals surface area contributed by atoms with Gasteiger partial charge in [-0.1, -0.05) is 0 Å². The van der Waals surface area contributed by atoms with Gasteiger partial charge in [-0.15, -0.1) is 0 Å². The molecule has 1 aliphatic rings. The van der Waals surface area contributed by atoms with E-state index in [1.54, 1.807) is 0 Å². The number of nitrogens with one attached hydrogen (secondary N) is 3. The van der Waals surface area contributed by atoms with Crippen molar-refractivity contribution >= 4 is 18.0 Å². The van der Waals surface area contributed by atoms with E-state index < -0.39 is 0 Å². The van der Waals surface area contributed by atoms with E-state index in [0.29, 0.717) is 0 Å². The molecule has 1 fully saturated rings. The van der Waals surface area contributed by atoms with Gasteiger partial charge in [-0.25, -0.2) is 4.72 Å². The zero-order valence-corrected chi connectivity index (χ0v) is 6.62. The van der Waals surface area contributed by atoms with Gasteiger partial charge in [-0.2, -0.15) is 0 Å². The van der Waals surface area contributed by atoms with E-state index in [2.05, 4.69) is 14.8 Å². The van der Waals surface area contributed by atoms with Crippen molar-refractivity contribution < 1.29 is 4.79 Å². The van der Waals surface area contributed by atoms with Crippen LogP contribution in [0.5, 0.6) is 0 Å². The minimum Gasteiger partial charge on any atom is -0.355 e. The Morgan fingerprint density at radius 2 is 2.60 bits per heavy atom. The van der Waals surface area contributed by atoms with Gasteiger partial charge in [0.25, 0.3) is 0 Å². The number of rotatable bonds is 3. The van der Waals surface area contributed by atoms with Crippen LogP contribution < -0.4 is 14.8 Å². The lowest BCUT2D eigenvalue weighted by Gasteiger charge is -2.05. The van der Waals surface area contributed by atoms with Crippen LogP contribution in [0.25, 0.3) is 0 Å². The molecule has 0 aromatic carbocycles. The topological polar surface area (TPSA) is 53.2 Å². The average molecular weight is 161 g/mol. The lowest BCUT2D eigenvalue weighted by atomic mass is 10.3. The van der Waals surface area contributed by atoms with Crippen LogP contribution in [-0.2, 0) is 4.79 Å². The molecule has 1 rings (SSSR count). The number of carbonyl (C=O) groups excluding carboxylic acids is 1. The summed E-state index contributed by atoms with van der Waals surface area (Å²) in [5, 5.41) is 2.74. The highest BCUT2D eigenvalue weighted by Gasteiger charge is 2.22. The highest BCUT2D eigenvalue weighted by molar-refractivity contribution is 7.95. The summed E-state index contributed by atoms with van der Waals surface area (Å²) in [7, 11) is 1.81. The summed E-state index contributed by atoms with van der Waals surface area (Å²) in [6.45, 7) is 0.792. The second-order valence-corrected chi connectivity index (χ2v) is 2.90. The fourth-order valence-corrected chi connectivity index (χ4v) is 1.32. The smallest absolute Gasteiger partial charge is 0.238 e. The van der Waals surface area contributed by atoms with Crippen molar-refractivity contribution in [3.05, 3.63) is 0 Å². The monoisotopic (exact) mass is 161 g/mol. The third-order valence-electron chi connectivity index (χ3n) is 1.35. The first kappa shape index (κ1) is 7.84. The quantitative estimate of drug-likeness (QED) is 0.477. The largest absolute Gasteiger partial charge is 0.355 e. The SMILES string of the molecule is CNSNC1CCNC1=O. The molecule has 0 bridgehead atoms. The fraction of sp³-hybridized carbons (Fsp3) is 0.800. The maximum Gasteiger partial charge on any atom is 0.238 e. The molecule has 1 atom stereocenters. The van der Waals surface area contributed by atoms with Gasteiger partial charge in [0.05, 0.1) is 6.04 Å². The fourth-order valence-electron chi connectivity index (χ4n) is 0.836. The number of hydrogen-bond acceptors (Lipinski definition) is 4. The lowest BCUT2D eigenvalue weighted by Crippen LogP contribution is -2.33. The van der Waals surface area contributed by atoms with Crippen LogP contribution in [-0.4, -0.2) is 25.5 Å². The number of amides is 1. The first-order chi connectivity index (χ1) is 4.84. The molecular weight excluding hydrogens is 150 g/mol. The molecule has 1 unspecified atom stereocenters. The Hall–Kier alpha value is -0.260. The van der Waals surface area contributed by atoms with Crippen LogP contribution in [0, 0.1) is 0 Å². The molecule has 3 N–H and O–H groups in total. The zero-order valence-electron chi connectivity index (χ0n) is 5.81. The predicted molar refractivity (Wildman–Crippen MR) is 41.2 cm³/mol. The molecule has 1 amide bonds. The molecule has 0 aromatic rings. The molecule has 0 aliphatic carbocycles. The Labute approximate surface area is 64.4 Å². The maximum atomic E-state index is 10.9. The van der Waals surface area contributed by atoms with Crippen molar-refractivity contribution in [3.8, 4) is 0 Å². The molecule has 0 radical (unpaired) electrons. The summed E-state index contributed by atoms with van der Waals surface area (Å²) in [5.74, 6) is 0.0998. The average Bonchev–Trinajstić information content (AvgIpc) is 2.31. The van der Waals surface area contributed by atoms with Crippen LogP contribution in [0.3, 0.4) is 0 Å². The van der Waals surface area contributed by atoms with Gasteiger partial charge in [-0.05, 0) is 13.5 Å². The molecule has 58 valence electrons. The van der Waals surface area contributed by atoms with E-state index >= 15 is 0 Å². The van der Waals surface area contributed by atoms with Gasteiger partial charge in [0.2, 0.25) is 5.91 Å². The summed E-state index contributed by atoms with van der Waals surface area (Å²) in [4.78, 5) is 10.9. The van der Waals surface area contributed by atoms with E-state index in [1.165, 1.54) is 12.1 Å². The van der Waals surface area contributed by atoms with Crippen molar-refractivity contribution in [1.29, 1.82) is 0 Å². The molecule has 5 heteroatoms. The molecule has 4 nitrogen and oxygen atoms in total. The van der Waals surface area contributed by atoms with Crippen LogP contribution in [0.2, 0.25) is 0 Å². The Morgan fingerprint density at radius 1 is 1.80 bits per heavy atom. The third-order valence-corrected chi connectivity index (χ3v) is 1.96. The van der Waals surface area contributed by atoms with Gasteiger partial charge < -0.3 is 5.32 Å². The Kier molecular flexibility index (Phi) is 2.98. The molecule has 10 heavy (non-hydrogen) atoms. The Balaban J connectivity index is 2.20. The van der Waals surface area contributed by atoms with E-state index in [1.807, 2.05) is 7.05 Å². The van der Waals surface area contributed by atoms with Gasteiger partial charge in [0, 0.05) is 18.7 Å². The number of hydrogen-bond donors (Lipinski definition) is 3.